The molecule has 162 valence electrons. The number of hydrogen-bond donors (Lipinski definition) is 0. The summed E-state index contributed by atoms with van der Waals surface area (Å²) in [6, 6.07) is 13.5. The van der Waals surface area contributed by atoms with Gasteiger partial charge in [0.05, 0.1) is 0 Å². The first-order valence-electron chi connectivity index (χ1n) is 11.1. The van der Waals surface area contributed by atoms with Crippen molar-refractivity contribution in [1.29, 1.82) is 0 Å². The van der Waals surface area contributed by atoms with Crippen LogP contribution in [0.1, 0.15) is 101 Å². The Balaban J connectivity index is 0.00000320. The van der Waals surface area contributed by atoms with E-state index in [1.807, 2.05) is 0 Å². The molecule has 2 aromatic carbocycles. The molecule has 3 heteroatoms. The molecule has 0 aliphatic heterocycles. The first-order chi connectivity index (χ1) is 13.7. The average molecular weight is 425 g/mol. The first kappa shape index (κ1) is 24.2. The Morgan fingerprint density at radius 3 is 1.73 bits per heavy atom. The van der Waals surface area contributed by atoms with Gasteiger partial charge < -0.3 is 12.4 Å². The zero-order valence-corrected chi connectivity index (χ0v) is 20.5. The largest absolute Gasteiger partial charge is 1.00 e. The highest BCUT2D eigenvalue weighted by molar-refractivity contribution is 5.49. The molecule has 0 amide bonds. The molecule has 1 aromatic heterocycles. The monoisotopic (exact) mass is 424 g/mol. The molecule has 0 saturated heterocycles. The van der Waals surface area contributed by atoms with Crippen LogP contribution >= 0.6 is 0 Å². The summed E-state index contributed by atoms with van der Waals surface area (Å²) >= 11 is 0. The SMILES string of the molecule is CC(C)c1cccc(-n2cc[n+](-c3cccc(C(C)C)c3C(C)C)c2)c1C(C)C.[Cl-]. The fourth-order valence-electron chi connectivity index (χ4n) is 4.50. The van der Waals surface area contributed by atoms with Crippen LogP contribution < -0.4 is 17.0 Å². The van der Waals surface area contributed by atoms with Gasteiger partial charge in [-0.05, 0) is 46.9 Å². The maximum atomic E-state index is 2.30. The van der Waals surface area contributed by atoms with Crippen molar-refractivity contribution >= 4 is 0 Å². The minimum absolute atomic E-state index is 0. The Kier molecular flexibility index (Phi) is 7.93. The van der Waals surface area contributed by atoms with E-state index < -0.39 is 0 Å². The van der Waals surface area contributed by atoms with E-state index in [1.165, 1.54) is 33.6 Å². The molecule has 1 heterocycles. The smallest absolute Gasteiger partial charge is 0.254 e. The second-order valence-electron chi connectivity index (χ2n) is 9.41. The van der Waals surface area contributed by atoms with Crippen molar-refractivity contribution in [2.24, 2.45) is 0 Å². The lowest BCUT2D eigenvalue weighted by molar-refractivity contribution is -0.595. The molecule has 0 spiro atoms. The predicted molar refractivity (Wildman–Crippen MR) is 124 cm³/mol. The Labute approximate surface area is 189 Å². The van der Waals surface area contributed by atoms with Gasteiger partial charge in [-0.1, -0.05) is 79.7 Å². The fourth-order valence-corrected chi connectivity index (χ4v) is 4.50. The van der Waals surface area contributed by atoms with Crippen molar-refractivity contribution in [3.63, 3.8) is 0 Å². The molecule has 0 fully saturated rings. The van der Waals surface area contributed by atoms with Gasteiger partial charge in [0.2, 0.25) is 0 Å². The molecule has 3 rings (SSSR count). The standard InChI is InChI=1S/C27H37N2.ClH/c1-18(2)22-11-9-13-24(26(22)20(5)6)28-15-16-29(17-28)25-14-10-12-23(19(3)4)27(25)21(7)8;/h9-21H,1-8H3;1H/q+1;/p-1. The van der Waals surface area contributed by atoms with Crippen LogP contribution in [0.15, 0.2) is 55.1 Å². The molecule has 0 radical (unpaired) electrons. The fraction of sp³-hybridized carbons (Fsp3) is 0.444. The highest BCUT2D eigenvalue weighted by Crippen LogP contribution is 2.32. The van der Waals surface area contributed by atoms with Gasteiger partial charge in [0, 0.05) is 11.1 Å². The van der Waals surface area contributed by atoms with E-state index in [2.05, 4.69) is 120 Å². The van der Waals surface area contributed by atoms with E-state index in [0.717, 1.165) is 0 Å². The van der Waals surface area contributed by atoms with E-state index in [-0.39, 0.29) is 12.4 Å². The van der Waals surface area contributed by atoms with Crippen LogP contribution in [0.5, 0.6) is 0 Å². The Bertz CT molecular complexity index is 902. The van der Waals surface area contributed by atoms with Gasteiger partial charge in [0.1, 0.15) is 23.8 Å². The quantitative estimate of drug-likeness (QED) is 0.523. The van der Waals surface area contributed by atoms with E-state index in [0.29, 0.717) is 23.7 Å². The third-order valence-corrected chi connectivity index (χ3v) is 5.83. The molecule has 0 unspecified atom stereocenters. The lowest BCUT2D eigenvalue weighted by Crippen LogP contribution is -3.00. The van der Waals surface area contributed by atoms with Gasteiger partial charge >= 0.3 is 0 Å². The number of rotatable bonds is 6. The summed E-state index contributed by atoms with van der Waals surface area (Å²) in [5.74, 6) is 2.00. The van der Waals surface area contributed by atoms with E-state index >= 15 is 0 Å². The maximum Gasteiger partial charge on any atom is 0.254 e. The summed E-state index contributed by atoms with van der Waals surface area (Å²) in [4.78, 5) is 0. The van der Waals surface area contributed by atoms with Crippen molar-refractivity contribution in [2.75, 3.05) is 0 Å². The number of imidazole rings is 1. The van der Waals surface area contributed by atoms with E-state index in [4.69, 9.17) is 0 Å². The van der Waals surface area contributed by atoms with Crippen molar-refractivity contribution in [2.45, 2.75) is 79.1 Å². The van der Waals surface area contributed by atoms with E-state index in [1.54, 1.807) is 0 Å². The predicted octanol–water partition coefficient (Wildman–Crippen LogP) is 4.25. The molecule has 3 aromatic rings. The second kappa shape index (κ2) is 9.83. The third-order valence-electron chi connectivity index (χ3n) is 5.83. The topological polar surface area (TPSA) is 8.81 Å². The Morgan fingerprint density at radius 2 is 1.20 bits per heavy atom. The molecular formula is C27H37ClN2. The van der Waals surface area contributed by atoms with Crippen LogP contribution in [-0.2, 0) is 0 Å². The Morgan fingerprint density at radius 1 is 0.667 bits per heavy atom. The molecule has 0 aliphatic rings. The zero-order chi connectivity index (χ0) is 21.3. The Hall–Kier alpha value is -2.06. The normalized spacial score (nSPS) is 11.6. The number of benzene rings is 2. The number of nitrogens with zero attached hydrogens (tertiary/aromatic N) is 2. The zero-order valence-electron chi connectivity index (χ0n) is 19.8. The summed E-state index contributed by atoms with van der Waals surface area (Å²) in [6.07, 6.45) is 6.62. The highest BCUT2D eigenvalue weighted by atomic mass is 35.5. The average Bonchev–Trinajstić information content (AvgIpc) is 3.16. The molecular weight excluding hydrogens is 388 g/mol. The van der Waals surface area contributed by atoms with Crippen LogP contribution in [-0.4, -0.2) is 4.57 Å². The van der Waals surface area contributed by atoms with Crippen molar-refractivity contribution < 1.29 is 17.0 Å². The van der Waals surface area contributed by atoms with Crippen LogP contribution in [0.3, 0.4) is 0 Å². The molecule has 0 atom stereocenters. The van der Waals surface area contributed by atoms with Crippen molar-refractivity contribution in [1.82, 2.24) is 4.57 Å². The van der Waals surface area contributed by atoms with Gasteiger partial charge in [-0.15, -0.1) is 0 Å². The number of halogens is 1. The molecule has 0 saturated carbocycles. The molecule has 30 heavy (non-hydrogen) atoms. The number of aromatic nitrogens is 2. The lowest BCUT2D eigenvalue weighted by Gasteiger charge is -2.18. The molecule has 0 N–H and O–H groups in total. The minimum Gasteiger partial charge on any atom is -1.00 e. The third kappa shape index (κ3) is 4.64. The summed E-state index contributed by atoms with van der Waals surface area (Å²) in [6.45, 7) is 18.3. The molecule has 0 aliphatic carbocycles. The molecule has 0 bridgehead atoms. The van der Waals surface area contributed by atoms with Gasteiger partial charge in [-0.2, -0.15) is 0 Å². The van der Waals surface area contributed by atoms with Crippen LogP contribution in [0.2, 0.25) is 0 Å². The first-order valence-corrected chi connectivity index (χ1v) is 11.1. The summed E-state index contributed by atoms with van der Waals surface area (Å²) in [7, 11) is 0. The van der Waals surface area contributed by atoms with Gasteiger partial charge in [-0.3, -0.25) is 0 Å². The van der Waals surface area contributed by atoms with Gasteiger partial charge in [0.25, 0.3) is 6.33 Å². The van der Waals surface area contributed by atoms with Crippen molar-refractivity contribution in [3.05, 3.63) is 77.4 Å². The second-order valence-corrected chi connectivity index (χ2v) is 9.41. The van der Waals surface area contributed by atoms with Crippen LogP contribution in [0.4, 0.5) is 0 Å². The minimum atomic E-state index is 0. The lowest BCUT2D eigenvalue weighted by atomic mass is 9.89. The maximum absolute atomic E-state index is 2.30. The number of hydrogen-bond acceptors (Lipinski definition) is 0. The van der Waals surface area contributed by atoms with Gasteiger partial charge in [-0.25, -0.2) is 9.13 Å². The van der Waals surface area contributed by atoms with Crippen molar-refractivity contribution in [3.8, 4) is 11.4 Å². The molecule has 2 nitrogen and oxygen atoms in total. The van der Waals surface area contributed by atoms with Gasteiger partial charge in [0.15, 0.2) is 0 Å². The van der Waals surface area contributed by atoms with Crippen LogP contribution in [0.25, 0.3) is 11.4 Å². The highest BCUT2D eigenvalue weighted by Gasteiger charge is 2.22. The summed E-state index contributed by atoms with van der Waals surface area (Å²) in [5, 5.41) is 0. The van der Waals surface area contributed by atoms with Crippen LogP contribution in [0, 0.1) is 0 Å². The summed E-state index contributed by atoms with van der Waals surface area (Å²) in [5.41, 5.74) is 8.37. The summed E-state index contributed by atoms with van der Waals surface area (Å²) < 4.78 is 4.57. The van der Waals surface area contributed by atoms with E-state index in [9.17, 15) is 0 Å².